The summed E-state index contributed by atoms with van der Waals surface area (Å²) in [5, 5.41) is 17.1. The van der Waals surface area contributed by atoms with E-state index in [4.69, 9.17) is 15.1 Å². The van der Waals surface area contributed by atoms with Crippen LogP contribution in [0.3, 0.4) is 0 Å². The summed E-state index contributed by atoms with van der Waals surface area (Å²) in [6.45, 7) is 0.881. The fourth-order valence-electron chi connectivity index (χ4n) is 1.51. The van der Waals surface area contributed by atoms with Crippen molar-refractivity contribution in [1.82, 2.24) is 4.72 Å². The molecule has 0 unspecified atom stereocenters. The van der Waals surface area contributed by atoms with Gasteiger partial charge in [-0.25, -0.2) is 13.1 Å². The lowest BCUT2D eigenvalue weighted by atomic mass is 10.2. The van der Waals surface area contributed by atoms with Crippen LogP contribution in [0.15, 0.2) is 29.2 Å². The average Bonchev–Trinajstić information content (AvgIpc) is 2.44. The van der Waals surface area contributed by atoms with E-state index in [1.165, 1.54) is 12.1 Å². The molecule has 0 aliphatic carbocycles. The number of rotatable bonds is 9. The average molecular weight is 298 g/mol. The molecule has 7 heteroatoms. The number of benzene rings is 1. The summed E-state index contributed by atoms with van der Waals surface area (Å²) < 4.78 is 31.4. The standard InChI is InChI=1S/C13H18N2O4S/c14-7-6-12-2-4-13(5-3-12)20(17,18)15-8-1-10-19-11-9-16/h2-5,15-16H,1,6,8-11H2. The zero-order chi connectivity index (χ0) is 14.8. The Kier molecular flexibility index (Phi) is 7.18. The molecule has 0 aliphatic rings. The van der Waals surface area contributed by atoms with Crippen LogP contribution in [-0.2, 0) is 21.2 Å². The molecule has 6 nitrogen and oxygen atoms in total. The highest BCUT2D eigenvalue weighted by molar-refractivity contribution is 7.89. The van der Waals surface area contributed by atoms with Gasteiger partial charge in [0.1, 0.15) is 0 Å². The summed E-state index contributed by atoms with van der Waals surface area (Å²) in [4.78, 5) is 0.176. The van der Waals surface area contributed by atoms with Crippen molar-refractivity contribution in [2.75, 3.05) is 26.4 Å². The number of nitrogens with one attached hydrogen (secondary N) is 1. The Hall–Kier alpha value is -1.46. The smallest absolute Gasteiger partial charge is 0.240 e. The SMILES string of the molecule is N#CCc1ccc(S(=O)(=O)NCCCOCCO)cc1. The molecule has 110 valence electrons. The second kappa shape index (κ2) is 8.66. The van der Waals surface area contributed by atoms with Crippen molar-refractivity contribution in [2.45, 2.75) is 17.7 Å². The van der Waals surface area contributed by atoms with Gasteiger partial charge in [-0.3, -0.25) is 0 Å². The van der Waals surface area contributed by atoms with Crippen molar-refractivity contribution in [2.24, 2.45) is 0 Å². The first kappa shape index (κ1) is 16.6. The zero-order valence-electron chi connectivity index (χ0n) is 11.1. The summed E-state index contributed by atoms with van der Waals surface area (Å²) in [6.07, 6.45) is 0.793. The largest absolute Gasteiger partial charge is 0.394 e. The molecule has 0 saturated heterocycles. The third-order valence-corrected chi connectivity index (χ3v) is 3.99. The molecule has 1 aromatic rings. The van der Waals surface area contributed by atoms with E-state index in [2.05, 4.69) is 4.72 Å². The van der Waals surface area contributed by atoms with Crippen LogP contribution < -0.4 is 4.72 Å². The molecular formula is C13H18N2O4S. The van der Waals surface area contributed by atoms with Gasteiger partial charge < -0.3 is 9.84 Å². The van der Waals surface area contributed by atoms with Gasteiger partial charge >= 0.3 is 0 Å². The summed E-state index contributed by atoms with van der Waals surface area (Å²) in [5.74, 6) is 0. The van der Waals surface area contributed by atoms with Gasteiger partial charge in [-0.2, -0.15) is 5.26 Å². The Bertz CT molecular complexity index is 534. The maximum Gasteiger partial charge on any atom is 0.240 e. The van der Waals surface area contributed by atoms with E-state index in [1.807, 2.05) is 6.07 Å². The Balaban J connectivity index is 2.46. The molecule has 0 aromatic heterocycles. The zero-order valence-corrected chi connectivity index (χ0v) is 11.9. The predicted molar refractivity (Wildman–Crippen MR) is 73.5 cm³/mol. The molecule has 0 atom stereocenters. The van der Waals surface area contributed by atoms with Gasteiger partial charge in [0, 0.05) is 13.2 Å². The normalized spacial score (nSPS) is 11.2. The minimum atomic E-state index is -3.52. The van der Waals surface area contributed by atoms with E-state index in [0.29, 0.717) is 13.0 Å². The lowest BCUT2D eigenvalue weighted by Gasteiger charge is -2.07. The van der Waals surface area contributed by atoms with Gasteiger partial charge in [0.05, 0.1) is 30.6 Å². The maximum atomic E-state index is 11.9. The van der Waals surface area contributed by atoms with E-state index in [0.717, 1.165) is 5.56 Å². The number of sulfonamides is 1. The minimum Gasteiger partial charge on any atom is -0.394 e. The van der Waals surface area contributed by atoms with Crippen LogP contribution in [0.1, 0.15) is 12.0 Å². The van der Waals surface area contributed by atoms with E-state index in [-0.39, 0.29) is 31.1 Å². The lowest BCUT2D eigenvalue weighted by Crippen LogP contribution is -2.25. The number of aliphatic hydroxyl groups is 1. The summed E-state index contributed by atoms with van der Waals surface area (Å²) >= 11 is 0. The van der Waals surface area contributed by atoms with Crippen LogP contribution in [-0.4, -0.2) is 39.9 Å². The first-order chi connectivity index (χ1) is 9.60. The monoisotopic (exact) mass is 298 g/mol. The van der Waals surface area contributed by atoms with Gasteiger partial charge in [0.15, 0.2) is 0 Å². The molecule has 0 amide bonds. The molecule has 0 bridgehead atoms. The topological polar surface area (TPSA) is 99.4 Å². The molecule has 0 aliphatic heterocycles. The van der Waals surface area contributed by atoms with E-state index >= 15 is 0 Å². The van der Waals surface area contributed by atoms with E-state index in [9.17, 15) is 8.42 Å². The number of aliphatic hydroxyl groups excluding tert-OH is 1. The van der Waals surface area contributed by atoms with Crippen molar-refractivity contribution in [3.05, 3.63) is 29.8 Å². The highest BCUT2D eigenvalue weighted by Crippen LogP contribution is 2.10. The van der Waals surface area contributed by atoms with E-state index in [1.54, 1.807) is 12.1 Å². The third-order valence-electron chi connectivity index (χ3n) is 2.51. The number of nitriles is 1. The van der Waals surface area contributed by atoms with Crippen molar-refractivity contribution in [3.63, 3.8) is 0 Å². The van der Waals surface area contributed by atoms with Crippen LogP contribution >= 0.6 is 0 Å². The Labute approximate surface area is 119 Å². The van der Waals surface area contributed by atoms with Gasteiger partial charge in [-0.05, 0) is 24.1 Å². The molecule has 20 heavy (non-hydrogen) atoms. The Morgan fingerprint density at radius 2 is 1.95 bits per heavy atom. The van der Waals surface area contributed by atoms with Crippen LogP contribution in [0.25, 0.3) is 0 Å². The van der Waals surface area contributed by atoms with Gasteiger partial charge in [0.25, 0.3) is 0 Å². The molecule has 0 spiro atoms. The highest BCUT2D eigenvalue weighted by atomic mass is 32.2. The van der Waals surface area contributed by atoms with Gasteiger partial charge in [-0.1, -0.05) is 12.1 Å². The maximum absolute atomic E-state index is 11.9. The molecule has 0 heterocycles. The van der Waals surface area contributed by atoms with Gasteiger partial charge in [0.2, 0.25) is 10.0 Å². The Morgan fingerprint density at radius 3 is 2.55 bits per heavy atom. The number of hydrogen-bond donors (Lipinski definition) is 2. The van der Waals surface area contributed by atoms with E-state index < -0.39 is 10.0 Å². The molecule has 0 fully saturated rings. The fraction of sp³-hybridized carbons (Fsp3) is 0.462. The lowest BCUT2D eigenvalue weighted by molar-refractivity contribution is 0.0913. The summed E-state index contributed by atoms with van der Waals surface area (Å²) in [7, 11) is -3.52. The predicted octanol–water partition coefficient (Wildman–Crippen LogP) is 0.430. The van der Waals surface area contributed by atoms with Crippen molar-refractivity contribution in [3.8, 4) is 6.07 Å². The van der Waals surface area contributed by atoms with Crippen LogP contribution in [0.5, 0.6) is 0 Å². The molecule has 0 saturated carbocycles. The minimum absolute atomic E-state index is 0.0409. The molecule has 2 N–H and O–H groups in total. The second-order valence-corrected chi connectivity index (χ2v) is 5.83. The number of nitrogens with zero attached hydrogens (tertiary/aromatic N) is 1. The van der Waals surface area contributed by atoms with Crippen molar-refractivity contribution in [1.29, 1.82) is 5.26 Å². The first-order valence-electron chi connectivity index (χ1n) is 6.24. The first-order valence-corrected chi connectivity index (χ1v) is 7.72. The van der Waals surface area contributed by atoms with Crippen LogP contribution in [0.4, 0.5) is 0 Å². The van der Waals surface area contributed by atoms with Crippen molar-refractivity contribution < 1.29 is 18.3 Å². The van der Waals surface area contributed by atoms with Crippen LogP contribution in [0, 0.1) is 11.3 Å². The quantitative estimate of drug-likeness (QED) is 0.644. The highest BCUT2D eigenvalue weighted by Gasteiger charge is 2.12. The molecule has 1 aromatic carbocycles. The number of ether oxygens (including phenoxy) is 1. The number of hydrogen-bond acceptors (Lipinski definition) is 5. The summed E-state index contributed by atoms with van der Waals surface area (Å²) in [5.41, 5.74) is 0.781. The molecule has 0 radical (unpaired) electrons. The van der Waals surface area contributed by atoms with Crippen molar-refractivity contribution >= 4 is 10.0 Å². The van der Waals surface area contributed by atoms with Crippen LogP contribution in [0.2, 0.25) is 0 Å². The fourth-order valence-corrected chi connectivity index (χ4v) is 2.58. The summed E-state index contributed by atoms with van der Waals surface area (Å²) in [6, 6.07) is 8.23. The molecule has 1 rings (SSSR count). The van der Waals surface area contributed by atoms with Gasteiger partial charge in [-0.15, -0.1) is 0 Å². The Morgan fingerprint density at radius 1 is 1.25 bits per heavy atom. The second-order valence-electron chi connectivity index (χ2n) is 4.07. The third kappa shape index (κ3) is 5.67. The molecular weight excluding hydrogens is 280 g/mol.